The molecule has 2 aromatic heterocycles. The predicted molar refractivity (Wildman–Crippen MR) is 137 cm³/mol. The molecule has 2 aromatic carbocycles. The number of sulfonamides is 1. The van der Waals surface area contributed by atoms with Crippen molar-refractivity contribution in [2.24, 2.45) is 5.73 Å². The van der Waals surface area contributed by atoms with Crippen molar-refractivity contribution in [3.63, 3.8) is 0 Å². The molecule has 0 radical (unpaired) electrons. The normalized spacial score (nSPS) is 11.3. The van der Waals surface area contributed by atoms with Gasteiger partial charge in [0.2, 0.25) is 15.9 Å². The van der Waals surface area contributed by atoms with Gasteiger partial charge in [-0.3, -0.25) is 4.31 Å². The number of methoxy groups -OCH3 is 1. The Bertz CT molecular complexity index is 1640. The summed E-state index contributed by atoms with van der Waals surface area (Å²) in [6, 6.07) is 10.9. The first kappa shape index (κ1) is 27.3. The fourth-order valence-corrected chi connectivity index (χ4v) is 4.69. The minimum atomic E-state index is -3.85. The lowest BCUT2D eigenvalue weighted by Gasteiger charge is -2.23. The Kier molecular flexibility index (Phi) is 7.69. The summed E-state index contributed by atoms with van der Waals surface area (Å²) in [7, 11) is -2.56. The molecule has 0 aliphatic heterocycles. The van der Waals surface area contributed by atoms with Crippen LogP contribution in [-0.2, 0) is 14.8 Å². The number of aromatic nitrogens is 1. The number of hydrogen-bond acceptors (Lipinski definition) is 10. The average Bonchev–Trinajstić information content (AvgIpc) is 3.25. The van der Waals surface area contributed by atoms with Crippen molar-refractivity contribution in [2.75, 3.05) is 30.8 Å². The monoisotopic (exact) mass is 559 g/mol. The highest BCUT2D eigenvalue weighted by Gasteiger charge is 2.29. The van der Waals surface area contributed by atoms with E-state index in [4.69, 9.17) is 19.6 Å². The van der Waals surface area contributed by atoms with Gasteiger partial charge in [-0.2, -0.15) is 0 Å². The molecular weight excluding hydrogens is 537 g/mol. The maximum atomic E-state index is 13.1. The van der Waals surface area contributed by atoms with Crippen molar-refractivity contribution in [1.29, 1.82) is 0 Å². The van der Waals surface area contributed by atoms with Gasteiger partial charge in [-0.05, 0) is 36.4 Å². The first-order chi connectivity index (χ1) is 18.5. The van der Waals surface area contributed by atoms with Gasteiger partial charge in [-0.1, -0.05) is 0 Å². The molecule has 12 nitrogen and oxygen atoms in total. The van der Waals surface area contributed by atoms with Crippen molar-refractivity contribution in [3.05, 3.63) is 66.1 Å². The van der Waals surface area contributed by atoms with E-state index in [0.717, 1.165) is 10.6 Å². The first-order valence-electron chi connectivity index (χ1n) is 11.2. The molecule has 0 unspecified atom stereocenters. The van der Waals surface area contributed by atoms with Crippen LogP contribution >= 0.6 is 0 Å². The van der Waals surface area contributed by atoms with Crippen LogP contribution in [0.4, 0.5) is 14.9 Å². The molecule has 0 aliphatic rings. The Morgan fingerprint density at radius 2 is 1.87 bits per heavy atom. The minimum Gasteiger partial charge on any atom is -0.495 e. The van der Waals surface area contributed by atoms with Crippen LogP contribution in [-0.4, -0.2) is 57.1 Å². The minimum absolute atomic E-state index is 0.0306. The summed E-state index contributed by atoms with van der Waals surface area (Å²) in [6.07, 6.45) is 0.928. The highest BCUT2D eigenvalue weighted by atomic mass is 32.2. The zero-order valence-electron chi connectivity index (χ0n) is 20.6. The summed E-state index contributed by atoms with van der Waals surface area (Å²) in [5.41, 5.74) is 5.20. The van der Waals surface area contributed by atoms with E-state index in [0.29, 0.717) is 5.75 Å². The number of anilines is 1. The number of ether oxygens (including phenoxy) is 3. The molecule has 0 spiro atoms. The molecule has 4 aromatic rings. The zero-order chi connectivity index (χ0) is 28.3. The zero-order valence-corrected chi connectivity index (χ0v) is 21.4. The number of carbonyl (C=O) groups is 2. The second kappa shape index (κ2) is 11.0. The van der Waals surface area contributed by atoms with E-state index >= 15 is 0 Å². The van der Waals surface area contributed by atoms with Gasteiger partial charge in [0.1, 0.15) is 28.5 Å². The SMILES string of the molecule is COc1cc2c(C(=O)OC(N)=O)c(-c3ccc(Oc4ccc(F)cc4)nc3)oc2cc1N(CCO)S(C)(=O)=O. The van der Waals surface area contributed by atoms with Gasteiger partial charge >= 0.3 is 12.1 Å². The van der Waals surface area contributed by atoms with Gasteiger partial charge < -0.3 is 29.5 Å². The number of hydrogen-bond donors (Lipinski definition) is 2. The number of halogens is 1. The Hall–Kier alpha value is -4.69. The summed E-state index contributed by atoms with van der Waals surface area (Å²) >= 11 is 0. The second-order valence-corrected chi connectivity index (χ2v) is 9.94. The van der Waals surface area contributed by atoms with Gasteiger partial charge in [0, 0.05) is 29.3 Å². The molecule has 14 heteroatoms. The van der Waals surface area contributed by atoms with Crippen molar-refractivity contribution >= 4 is 38.7 Å². The standard InChI is InChI=1S/C25H22FN3O9S/c1-35-20-11-17-19(12-18(20)29(9-10-30)39(2,33)34)37-23(22(17)24(31)38-25(27)32)14-3-8-21(28-13-14)36-16-6-4-15(26)5-7-16/h3-8,11-13,30H,9-10H2,1-2H3,(H2,27,32). The quantitative estimate of drug-likeness (QED) is 0.229. The molecule has 2 heterocycles. The third kappa shape index (κ3) is 5.91. The van der Waals surface area contributed by atoms with E-state index < -0.39 is 34.5 Å². The van der Waals surface area contributed by atoms with Crippen molar-refractivity contribution < 1.29 is 46.1 Å². The van der Waals surface area contributed by atoms with Gasteiger partial charge in [0.25, 0.3) is 0 Å². The third-order valence-electron chi connectivity index (χ3n) is 5.39. The van der Waals surface area contributed by atoms with Crippen LogP contribution < -0.4 is 19.5 Å². The van der Waals surface area contributed by atoms with Crippen molar-refractivity contribution in [3.8, 4) is 28.7 Å². The Morgan fingerprint density at radius 1 is 1.15 bits per heavy atom. The fraction of sp³-hybridized carbons (Fsp3) is 0.160. The number of rotatable bonds is 9. The van der Waals surface area contributed by atoms with Crippen LogP contribution in [0.3, 0.4) is 0 Å². The number of aliphatic hydroxyl groups excluding tert-OH is 1. The summed E-state index contributed by atoms with van der Waals surface area (Å²) in [4.78, 5) is 28.4. The third-order valence-corrected chi connectivity index (χ3v) is 6.57. The summed E-state index contributed by atoms with van der Waals surface area (Å²) < 4.78 is 60.3. The number of primary amides is 1. The molecule has 3 N–H and O–H groups in total. The number of pyridine rings is 1. The van der Waals surface area contributed by atoms with Crippen molar-refractivity contribution in [1.82, 2.24) is 4.98 Å². The summed E-state index contributed by atoms with van der Waals surface area (Å²) in [5.74, 6) is -1.11. The smallest absolute Gasteiger partial charge is 0.412 e. The maximum Gasteiger partial charge on any atom is 0.412 e. The van der Waals surface area contributed by atoms with Gasteiger partial charge in [0.15, 0.2) is 5.76 Å². The lowest BCUT2D eigenvalue weighted by atomic mass is 10.1. The Morgan fingerprint density at radius 3 is 2.44 bits per heavy atom. The molecule has 0 aliphatic carbocycles. The first-order valence-corrected chi connectivity index (χ1v) is 13.0. The van der Waals surface area contributed by atoms with Crippen LogP contribution in [0.15, 0.2) is 59.1 Å². The second-order valence-electron chi connectivity index (χ2n) is 8.03. The van der Waals surface area contributed by atoms with Crippen molar-refractivity contribution in [2.45, 2.75) is 0 Å². The van der Waals surface area contributed by atoms with Gasteiger partial charge in [0.05, 0.1) is 32.2 Å². The molecule has 1 amide bonds. The average molecular weight is 560 g/mol. The van der Waals surface area contributed by atoms with Gasteiger partial charge in [-0.15, -0.1) is 0 Å². The molecule has 0 fully saturated rings. The van der Waals surface area contributed by atoms with E-state index in [2.05, 4.69) is 9.72 Å². The Balaban J connectivity index is 1.84. The van der Waals surface area contributed by atoms with Crippen LogP contribution in [0, 0.1) is 5.82 Å². The number of benzene rings is 2. The number of esters is 1. The number of nitrogens with two attached hydrogens (primary N) is 1. The van der Waals surface area contributed by atoms with Crippen LogP contribution in [0.5, 0.6) is 17.4 Å². The molecule has 0 bridgehead atoms. The lowest BCUT2D eigenvalue weighted by Crippen LogP contribution is -2.32. The Labute approximate surface area is 221 Å². The number of carbonyl (C=O) groups excluding carboxylic acids is 2. The number of nitrogens with zero attached hydrogens (tertiary/aromatic N) is 2. The summed E-state index contributed by atoms with van der Waals surface area (Å²) in [5, 5.41) is 9.54. The molecule has 0 atom stereocenters. The predicted octanol–water partition coefficient (Wildman–Crippen LogP) is 3.43. The molecule has 204 valence electrons. The number of fused-ring (bicyclic) bond motifs is 1. The molecule has 4 rings (SSSR count). The largest absolute Gasteiger partial charge is 0.495 e. The summed E-state index contributed by atoms with van der Waals surface area (Å²) in [6.45, 7) is -0.754. The lowest BCUT2D eigenvalue weighted by molar-refractivity contribution is 0.0640. The van der Waals surface area contributed by atoms with E-state index in [1.807, 2.05) is 0 Å². The van der Waals surface area contributed by atoms with E-state index in [1.54, 1.807) is 0 Å². The van der Waals surface area contributed by atoms with E-state index in [1.165, 1.54) is 61.8 Å². The highest BCUT2D eigenvalue weighted by molar-refractivity contribution is 7.92. The molecular formula is C25H22FN3O9S. The number of furan rings is 1. The molecule has 0 saturated heterocycles. The van der Waals surface area contributed by atoms with Crippen LogP contribution in [0.25, 0.3) is 22.3 Å². The van der Waals surface area contributed by atoms with Gasteiger partial charge in [-0.25, -0.2) is 27.4 Å². The molecule has 0 saturated carbocycles. The number of amides is 1. The maximum absolute atomic E-state index is 13.1. The van der Waals surface area contributed by atoms with Crippen LogP contribution in [0.1, 0.15) is 10.4 Å². The van der Waals surface area contributed by atoms with E-state index in [-0.39, 0.29) is 51.7 Å². The number of aliphatic hydroxyl groups is 1. The fourth-order valence-electron chi connectivity index (χ4n) is 3.77. The van der Waals surface area contributed by atoms with E-state index in [9.17, 15) is 27.5 Å². The highest BCUT2D eigenvalue weighted by Crippen LogP contribution is 2.41. The van der Waals surface area contributed by atoms with Crippen LogP contribution in [0.2, 0.25) is 0 Å². The molecule has 39 heavy (non-hydrogen) atoms. The topological polar surface area (TPSA) is 171 Å².